The van der Waals surface area contributed by atoms with Crippen molar-refractivity contribution < 1.29 is 23.7 Å². The summed E-state index contributed by atoms with van der Waals surface area (Å²) in [5.41, 5.74) is 5.75. The smallest absolute Gasteiger partial charge is 0.269 e. The van der Waals surface area contributed by atoms with E-state index in [4.69, 9.17) is 5.73 Å². The number of nitrogens with two attached hydrogens (primary N) is 1. The topological polar surface area (TPSA) is 168 Å². The van der Waals surface area contributed by atoms with Gasteiger partial charge in [-0.1, -0.05) is 0 Å². The number of halogens is 1. The van der Waals surface area contributed by atoms with Crippen molar-refractivity contribution in [1.29, 1.82) is 0 Å². The SMILES string of the molecule is NC1NC(SCC(=O)Nc2ccc([N+](=O)[O-])cc2)NC(=O)C1NC(=O)c1ccc(F)cc1. The van der Waals surface area contributed by atoms with Gasteiger partial charge in [-0.15, -0.1) is 11.8 Å². The zero-order chi connectivity index (χ0) is 23.3. The molecule has 32 heavy (non-hydrogen) atoms. The third kappa shape index (κ3) is 6.00. The highest BCUT2D eigenvalue weighted by Gasteiger charge is 2.35. The molecule has 3 amide bonds. The van der Waals surface area contributed by atoms with Gasteiger partial charge in [0.05, 0.1) is 16.8 Å². The van der Waals surface area contributed by atoms with Crippen molar-refractivity contribution in [2.45, 2.75) is 17.7 Å². The predicted molar refractivity (Wildman–Crippen MR) is 115 cm³/mol. The Morgan fingerprint density at radius 3 is 2.41 bits per heavy atom. The molecule has 0 saturated carbocycles. The fraction of sp³-hybridized carbons (Fsp3) is 0.211. The fourth-order valence-corrected chi connectivity index (χ4v) is 3.63. The summed E-state index contributed by atoms with van der Waals surface area (Å²) in [4.78, 5) is 46.9. The number of carbonyl (C=O) groups excluding carboxylic acids is 3. The number of non-ortho nitro benzene ring substituents is 1. The highest BCUT2D eigenvalue weighted by atomic mass is 32.2. The lowest BCUT2D eigenvalue weighted by Gasteiger charge is -2.35. The van der Waals surface area contributed by atoms with Gasteiger partial charge in [0.2, 0.25) is 11.8 Å². The molecule has 3 atom stereocenters. The summed E-state index contributed by atoms with van der Waals surface area (Å²) >= 11 is 1.06. The molecule has 1 heterocycles. The fourth-order valence-electron chi connectivity index (χ4n) is 2.79. The number of amides is 3. The van der Waals surface area contributed by atoms with Crippen LogP contribution in [0.4, 0.5) is 15.8 Å². The Balaban J connectivity index is 1.47. The Morgan fingerprint density at radius 2 is 1.81 bits per heavy atom. The van der Waals surface area contributed by atoms with Gasteiger partial charge >= 0.3 is 0 Å². The van der Waals surface area contributed by atoms with Crippen LogP contribution < -0.4 is 27.0 Å². The molecule has 1 aliphatic rings. The number of carbonyl (C=O) groups is 3. The van der Waals surface area contributed by atoms with Gasteiger partial charge in [0.1, 0.15) is 17.4 Å². The van der Waals surface area contributed by atoms with Gasteiger partial charge in [0, 0.05) is 23.4 Å². The van der Waals surface area contributed by atoms with Crippen molar-refractivity contribution in [2.24, 2.45) is 5.73 Å². The van der Waals surface area contributed by atoms with Gasteiger partial charge in [-0.05, 0) is 36.4 Å². The van der Waals surface area contributed by atoms with Crippen LogP contribution in [0.3, 0.4) is 0 Å². The number of rotatable bonds is 7. The number of thioether (sulfide) groups is 1. The van der Waals surface area contributed by atoms with E-state index in [-0.39, 0.29) is 22.9 Å². The Hall–Kier alpha value is -3.55. The molecule has 3 rings (SSSR count). The predicted octanol–water partition coefficient (Wildman–Crippen LogP) is 0.492. The maximum atomic E-state index is 13.0. The molecule has 1 aliphatic heterocycles. The van der Waals surface area contributed by atoms with Gasteiger partial charge in [-0.2, -0.15) is 0 Å². The standard InChI is InChI=1S/C19H19FN6O5S/c20-11-3-1-10(2-4-11)17(28)23-15-16(21)24-19(25-18(15)29)32-9-14(27)22-12-5-7-13(8-6-12)26(30)31/h1-8,15-16,19,24H,9,21H2,(H,22,27)(H,23,28)(H,25,29). The van der Waals surface area contributed by atoms with Crippen molar-refractivity contribution in [3.63, 3.8) is 0 Å². The van der Waals surface area contributed by atoms with Gasteiger partial charge in [-0.3, -0.25) is 29.8 Å². The summed E-state index contributed by atoms with van der Waals surface area (Å²) in [7, 11) is 0. The van der Waals surface area contributed by atoms with E-state index in [1.165, 1.54) is 36.4 Å². The van der Waals surface area contributed by atoms with E-state index in [9.17, 15) is 28.9 Å². The van der Waals surface area contributed by atoms with Crippen molar-refractivity contribution in [3.05, 3.63) is 70.0 Å². The van der Waals surface area contributed by atoms with Crippen LogP contribution in [0, 0.1) is 15.9 Å². The highest BCUT2D eigenvalue weighted by Crippen LogP contribution is 2.17. The van der Waals surface area contributed by atoms with Crippen LogP contribution in [0.15, 0.2) is 48.5 Å². The van der Waals surface area contributed by atoms with Crippen LogP contribution in [0.2, 0.25) is 0 Å². The molecule has 0 aromatic heterocycles. The highest BCUT2D eigenvalue weighted by molar-refractivity contribution is 8.00. The lowest BCUT2D eigenvalue weighted by atomic mass is 10.1. The molecule has 0 radical (unpaired) electrons. The molecule has 0 spiro atoms. The van der Waals surface area contributed by atoms with Crippen molar-refractivity contribution >= 4 is 40.9 Å². The summed E-state index contributed by atoms with van der Waals surface area (Å²) < 4.78 is 13.0. The quantitative estimate of drug-likeness (QED) is 0.293. The Labute approximate surface area is 185 Å². The first kappa shape index (κ1) is 23.1. The third-order valence-electron chi connectivity index (χ3n) is 4.39. The van der Waals surface area contributed by atoms with E-state index >= 15 is 0 Å². The molecule has 3 unspecified atom stereocenters. The van der Waals surface area contributed by atoms with E-state index < -0.39 is 40.3 Å². The molecule has 1 fully saturated rings. The summed E-state index contributed by atoms with van der Waals surface area (Å²) in [6, 6.07) is 9.11. The lowest BCUT2D eigenvalue weighted by molar-refractivity contribution is -0.384. The maximum Gasteiger partial charge on any atom is 0.269 e. The minimum Gasteiger partial charge on any atom is -0.338 e. The molecule has 0 aliphatic carbocycles. The van der Waals surface area contributed by atoms with Gasteiger partial charge in [0.15, 0.2) is 0 Å². The number of nitrogens with zero attached hydrogens (tertiary/aromatic N) is 1. The first-order valence-corrected chi connectivity index (χ1v) is 10.3. The Kier molecular flexibility index (Phi) is 7.35. The van der Waals surface area contributed by atoms with Crippen LogP contribution >= 0.6 is 11.8 Å². The molecule has 13 heteroatoms. The summed E-state index contributed by atoms with van der Waals surface area (Å²) in [5, 5.41) is 21.2. The molecular weight excluding hydrogens is 443 g/mol. The molecule has 168 valence electrons. The minimum absolute atomic E-state index is 0.0474. The molecule has 2 aromatic rings. The van der Waals surface area contributed by atoms with Crippen LogP contribution in [0.1, 0.15) is 10.4 Å². The maximum absolute atomic E-state index is 13.0. The minimum atomic E-state index is -1.07. The first-order valence-electron chi connectivity index (χ1n) is 9.27. The molecule has 6 N–H and O–H groups in total. The molecule has 1 saturated heterocycles. The van der Waals surface area contributed by atoms with Crippen molar-refractivity contribution in [1.82, 2.24) is 16.0 Å². The number of nitrogens with one attached hydrogen (secondary N) is 4. The van der Waals surface area contributed by atoms with Crippen LogP contribution in [0.5, 0.6) is 0 Å². The average Bonchev–Trinajstić information content (AvgIpc) is 2.75. The van der Waals surface area contributed by atoms with Crippen molar-refractivity contribution in [2.75, 3.05) is 11.1 Å². The molecule has 0 bridgehead atoms. The number of hydrogen-bond acceptors (Lipinski definition) is 8. The summed E-state index contributed by atoms with van der Waals surface area (Å²) in [6.45, 7) is 0. The van der Waals surface area contributed by atoms with Gasteiger partial charge < -0.3 is 21.7 Å². The number of nitro groups is 1. The molecule has 2 aromatic carbocycles. The van der Waals surface area contributed by atoms with E-state index in [1.54, 1.807) is 0 Å². The zero-order valence-corrected chi connectivity index (χ0v) is 17.2. The van der Waals surface area contributed by atoms with Gasteiger partial charge in [-0.25, -0.2) is 4.39 Å². The second kappa shape index (κ2) is 10.2. The third-order valence-corrected chi connectivity index (χ3v) is 5.41. The second-order valence-electron chi connectivity index (χ2n) is 6.70. The van der Waals surface area contributed by atoms with Crippen LogP contribution in [-0.2, 0) is 9.59 Å². The van der Waals surface area contributed by atoms with E-state index in [2.05, 4.69) is 21.3 Å². The monoisotopic (exact) mass is 462 g/mol. The van der Waals surface area contributed by atoms with E-state index in [1.807, 2.05) is 0 Å². The first-order chi connectivity index (χ1) is 15.2. The molecule has 11 nitrogen and oxygen atoms in total. The molecular formula is C19H19FN6O5S. The second-order valence-corrected chi connectivity index (χ2v) is 7.80. The number of nitro benzene ring substituents is 1. The van der Waals surface area contributed by atoms with Gasteiger partial charge in [0.25, 0.3) is 11.6 Å². The largest absolute Gasteiger partial charge is 0.338 e. The van der Waals surface area contributed by atoms with Crippen LogP contribution in [-0.4, -0.2) is 46.1 Å². The van der Waals surface area contributed by atoms with Crippen molar-refractivity contribution in [3.8, 4) is 0 Å². The Morgan fingerprint density at radius 1 is 1.16 bits per heavy atom. The van der Waals surface area contributed by atoms with E-state index in [0.29, 0.717) is 5.69 Å². The lowest BCUT2D eigenvalue weighted by Crippen LogP contribution is -2.70. The summed E-state index contributed by atoms with van der Waals surface area (Å²) in [5.74, 6) is -2.06. The van der Waals surface area contributed by atoms with Crippen LogP contribution in [0.25, 0.3) is 0 Å². The Bertz CT molecular complexity index is 1020. The van der Waals surface area contributed by atoms with E-state index in [0.717, 1.165) is 23.9 Å². The average molecular weight is 462 g/mol. The number of anilines is 1. The normalized spacial score (nSPS) is 20.2. The zero-order valence-electron chi connectivity index (χ0n) is 16.4. The summed E-state index contributed by atoms with van der Waals surface area (Å²) in [6.07, 6.45) is -0.927. The number of hydrogen-bond donors (Lipinski definition) is 5. The number of benzene rings is 2.